The van der Waals surface area contributed by atoms with E-state index in [1.165, 1.54) is 0 Å². The number of H-pyrrole nitrogens is 2. The van der Waals surface area contributed by atoms with E-state index in [1.54, 1.807) is 14.2 Å². The molecule has 2 aliphatic heterocycles. The van der Waals surface area contributed by atoms with Crippen LogP contribution >= 0.6 is 15.9 Å². The molecule has 0 amide bonds. The maximum absolute atomic E-state index is 5.54. The number of benzene rings is 2. The normalized spacial score (nSPS) is 12.1. The molecule has 5 aromatic rings. The Morgan fingerprint density at radius 3 is 1.88 bits per heavy atom. The summed E-state index contributed by atoms with van der Waals surface area (Å²) in [5.74, 6) is 1.57. The number of ether oxygens (including phenoxy) is 2. The van der Waals surface area contributed by atoms with Crippen molar-refractivity contribution in [3.05, 3.63) is 106 Å². The van der Waals surface area contributed by atoms with Crippen molar-refractivity contribution in [1.82, 2.24) is 19.9 Å². The Bertz CT molecular complexity index is 2050. The van der Waals surface area contributed by atoms with Crippen molar-refractivity contribution in [1.29, 1.82) is 0 Å². The molecule has 5 heterocycles. The molecule has 0 spiro atoms. The van der Waals surface area contributed by atoms with Crippen molar-refractivity contribution in [2.75, 3.05) is 14.2 Å². The van der Waals surface area contributed by atoms with E-state index in [0.29, 0.717) is 0 Å². The molecule has 3 aromatic heterocycles. The molecule has 2 N–H and O–H groups in total. The average Bonchev–Trinajstić information content (AvgIpc) is 3.80. The fourth-order valence-electron chi connectivity index (χ4n) is 5.28. The van der Waals surface area contributed by atoms with Gasteiger partial charge in [-0.05, 0) is 106 Å². The van der Waals surface area contributed by atoms with Crippen LogP contribution in [0.2, 0.25) is 0 Å². The van der Waals surface area contributed by atoms with Gasteiger partial charge >= 0.3 is 0 Å². The zero-order valence-corrected chi connectivity index (χ0v) is 24.0. The zero-order chi connectivity index (χ0) is 27.9. The lowest BCUT2D eigenvalue weighted by Crippen LogP contribution is -1.88. The first kappa shape index (κ1) is 25.1. The lowest BCUT2D eigenvalue weighted by Gasteiger charge is -2.07. The number of hydrogen-bond donors (Lipinski definition) is 2. The number of aromatic amines is 2. The summed E-state index contributed by atoms with van der Waals surface area (Å²) in [7, 11) is 3.36. The molecule has 0 atom stereocenters. The summed E-state index contributed by atoms with van der Waals surface area (Å²) in [6, 6.07) is 26.4. The molecule has 41 heavy (non-hydrogen) atoms. The van der Waals surface area contributed by atoms with Crippen LogP contribution in [0.25, 0.3) is 68.6 Å². The topological polar surface area (TPSA) is 75.8 Å². The Balaban J connectivity index is 1.57. The van der Waals surface area contributed by atoms with E-state index in [9.17, 15) is 0 Å². The molecule has 7 heteroatoms. The van der Waals surface area contributed by atoms with Crippen LogP contribution in [-0.4, -0.2) is 34.2 Å². The van der Waals surface area contributed by atoms with E-state index in [1.807, 2.05) is 54.6 Å². The molecule has 8 bridgehead atoms. The average molecular weight is 602 g/mol. The number of halogens is 1. The van der Waals surface area contributed by atoms with Crippen molar-refractivity contribution in [2.45, 2.75) is 0 Å². The molecule has 0 radical (unpaired) electrons. The third kappa shape index (κ3) is 4.74. The summed E-state index contributed by atoms with van der Waals surface area (Å²) in [4.78, 5) is 17.3. The highest BCUT2D eigenvalue weighted by Gasteiger charge is 2.15. The first-order chi connectivity index (χ1) is 20.1. The van der Waals surface area contributed by atoms with Gasteiger partial charge in [-0.1, -0.05) is 24.3 Å². The second-order valence-electron chi connectivity index (χ2n) is 9.79. The first-order valence-electron chi connectivity index (χ1n) is 13.2. The number of methoxy groups -OCH3 is 2. The second kappa shape index (κ2) is 10.3. The van der Waals surface area contributed by atoms with Crippen LogP contribution in [0, 0.1) is 0 Å². The fourth-order valence-corrected chi connectivity index (χ4v) is 5.83. The smallest absolute Gasteiger partial charge is 0.119 e. The number of fused-ring (bicyclic) bond motifs is 8. The van der Waals surface area contributed by atoms with Gasteiger partial charge in [0.2, 0.25) is 0 Å². The van der Waals surface area contributed by atoms with Gasteiger partial charge in [0.25, 0.3) is 0 Å². The zero-order valence-electron chi connectivity index (χ0n) is 22.4. The summed E-state index contributed by atoms with van der Waals surface area (Å²) in [6.45, 7) is 0. The predicted molar refractivity (Wildman–Crippen MR) is 171 cm³/mol. The summed E-state index contributed by atoms with van der Waals surface area (Å²) < 4.78 is 12.0. The lowest BCUT2D eigenvalue weighted by atomic mass is 10.0. The number of hydrogen-bond acceptors (Lipinski definition) is 4. The predicted octanol–water partition coefficient (Wildman–Crippen LogP) is 8.77. The highest BCUT2D eigenvalue weighted by atomic mass is 79.9. The molecule has 2 aromatic carbocycles. The maximum Gasteiger partial charge on any atom is 0.119 e. The Hall–Kier alpha value is -4.88. The standard InChI is InChI=1S/C34H25BrN4O2/c1-40-26-7-3-5-20(15-26)32-29-12-9-22(36-29)17-23-11-14-31(38-23)33(21-6-4-8-27(16-21)41-2)34-28(35)19-25(39-34)18-24-10-13-30(32)37-24/h3-19,36,39H,1-2H3. The van der Waals surface area contributed by atoms with Crippen molar-refractivity contribution >= 4 is 62.3 Å². The monoisotopic (exact) mass is 600 g/mol. The number of nitrogens with one attached hydrogen (secondary N) is 2. The van der Waals surface area contributed by atoms with Crippen molar-refractivity contribution < 1.29 is 9.47 Å². The molecule has 200 valence electrons. The Morgan fingerprint density at radius 2 is 1.22 bits per heavy atom. The van der Waals surface area contributed by atoms with E-state index >= 15 is 0 Å². The van der Waals surface area contributed by atoms with Gasteiger partial charge in [0.1, 0.15) is 11.5 Å². The minimum Gasteiger partial charge on any atom is -0.497 e. The third-order valence-corrected chi connectivity index (χ3v) is 7.80. The van der Waals surface area contributed by atoms with Gasteiger partial charge in [0.05, 0.1) is 42.5 Å². The highest BCUT2D eigenvalue weighted by Crippen LogP contribution is 2.36. The van der Waals surface area contributed by atoms with Gasteiger partial charge in [0, 0.05) is 32.1 Å². The first-order valence-corrected chi connectivity index (χ1v) is 14.0. The van der Waals surface area contributed by atoms with Crippen molar-refractivity contribution in [3.8, 4) is 33.8 Å². The van der Waals surface area contributed by atoms with E-state index in [4.69, 9.17) is 19.4 Å². The van der Waals surface area contributed by atoms with Crippen LogP contribution in [0.4, 0.5) is 0 Å². The van der Waals surface area contributed by atoms with Gasteiger partial charge in [-0.15, -0.1) is 0 Å². The minimum absolute atomic E-state index is 0.783. The Labute approximate surface area is 245 Å². The van der Waals surface area contributed by atoms with E-state index in [2.05, 4.69) is 74.4 Å². The van der Waals surface area contributed by atoms with E-state index < -0.39 is 0 Å². The molecule has 6 nitrogen and oxygen atoms in total. The molecule has 0 aliphatic carbocycles. The second-order valence-corrected chi connectivity index (χ2v) is 10.6. The summed E-state index contributed by atoms with van der Waals surface area (Å²) in [5, 5.41) is 0. The van der Waals surface area contributed by atoms with Gasteiger partial charge in [-0.25, -0.2) is 9.97 Å². The van der Waals surface area contributed by atoms with Crippen LogP contribution in [0.3, 0.4) is 0 Å². The molecule has 0 unspecified atom stereocenters. The fraction of sp³-hybridized carbons (Fsp3) is 0.0588. The van der Waals surface area contributed by atoms with Gasteiger partial charge < -0.3 is 19.4 Å². The van der Waals surface area contributed by atoms with Gasteiger partial charge in [-0.2, -0.15) is 0 Å². The van der Waals surface area contributed by atoms with Crippen molar-refractivity contribution in [2.24, 2.45) is 0 Å². The molecule has 2 aliphatic rings. The molecule has 0 saturated heterocycles. The van der Waals surface area contributed by atoms with Crippen molar-refractivity contribution in [3.63, 3.8) is 0 Å². The van der Waals surface area contributed by atoms with Gasteiger partial charge in [-0.3, -0.25) is 0 Å². The summed E-state index contributed by atoms with van der Waals surface area (Å²) >= 11 is 3.81. The quantitative estimate of drug-likeness (QED) is 0.212. The Kier molecular flexibility index (Phi) is 6.29. The van der Waals surface area contributed by atoms with Crippen LogP contribution in [0.1, 0.15) is 22.8 Å². The molecular formula is C34H25BrN4O2. The number of rotatable bonds is 4. The number of aromatic nitrogens is 4. The Morgan fingerprint density at radius 1 is 0.610 bits per heavy atom. The minimum atomic E-state index is 0.783. The van der Waals surface area contributed by atoms with Crippen LogP contribution in [-0.2, 0) is 0 Å². The summed E-state index contributed by atoms with van der Waals surface area (Å²) in [6.07, 6.45) is 8.18. The SMILES string of the molecule is COc1cccc(-c2c3nc(cc4cc(Br)c([nH]4)c(-c4cccc(OC)c4)c4nc(cc5ccc2[nH]5)C=C4)C=C3)c1. The maximum atomic E-state index is 5.54. The van der Waals surface area contributed by atoms with E-state index in [0.717, 1.165) is 83.1 Å². The van der Waals surface area contributed by atoms with Crippen LogP contribution in [0.5, 0.6) is 11.5 Å². The van der Waals surface area contributed by atoms with Gasteiger partial charge in [0.15, 0.2) is 0 Å². The van der Waals surface area contributed by atoms with Crippen LogP contribution in [0.15, 0.2) is 83.3 Å². The van der Waals surface area contributed by atoms with Crippen LogP contribution < -0.4 is 9.47 Å². The molecule has 7 rings (SSSR count). The highest BCUT2D eigenvalue weighted by molar-refractivity contribution is 9.10. The van der Waals surface area contributed by atoms with E-state index in [-0.39, 0.29) is 0 Å². The molecule has 0 fully saturated rings. The lowest BCUT2D eigenvalue weighted by molar-refractivity contribution is 0.415. The molecule has 0 saturated carbocycles. The summed E-state index contributed by atoms with van der Waals surface area (Å²) in [5.41, 5.74) is 11.2. The number of nitrogens with zero attached hydrogens (tertiary/aromatic N) is 2. The third-order valence-electron chi connectivity index (χ3n) is 7.18. The molecular weight excluding hydrogens is 576 g/mol. The largest absolute Gasteiger partial charge is 0.497 e.